The summed E-state index contributed by atoms with van der Waals surface area (Å²) in [5.41, 5.74) is 4.05. The third kappa shape index (κ3) is 3.86. The number of nitrogens with zero attached hydrogens (tertiary/aromatic N) is 2. The highest BCUT2D eigenvalue weighted by atomic mass is 32.1. The molecule has 2 aromatic carbocycles. The summed E-state index contributed by atoms with van der Waals surface area (Å²) >= 11 is 1.37. The van der Waals surface area contributed by atoms with Crippen molar-refractivity contribution >= 4 is 39.8 Å². The van der Waals surface area contributed by atoms with Crippen molar-refractivity contribution in [1.82, 2.24) is 0 Å². The monoisotopic (exact) mass is 516 g/mol. The van der Waals surface area contributed by atoms with Crippen molar-refractivity contribution in [2.75, 3.05) is 16.6 Å². The highest BCUT2D eigenvalue weighted by Gasteiger charge is 2.61. The van der Waals surface area contributed by atoms with Gasteiger partial charge in [0.25, 0.3) is 5.91 Å². The van der Waals surface area contributed by atoms with Gasteiger partial charge in [0.15, 0.2) is 6.10 Å². The van der Waals surface area contributed by atoms with Gasteiger partial charge >= 0.3 is 5.97 Å². The lowest BCUT2D eigenvalue weighted by molar-refractivity contribution is -0.126. The number of para-hydroxylation sites is 1. The number of benzene rings is 2. The van der Waals surface area contributed by atoms with Gasteiger partial charge in [-0.1, -0.05) is 48.0 Å². The lowest BCUT2D eigenvalue weighted by atomic mass is 9.90. The fourth-order valence-electron chi connectivity index (χ4n) is 5.64. The molecular formula is C29H28N2O5S. The van der Waals surface area contributed by atoms with E-state index in [0.717, 1.165) is 52.9 Å². The van der Waals surface area contributed by atoms with Crippen molar-refractivity contribution in [3.05, 3.63) is 81.7 Å². The second kappa shape index (κ2) is 9.43. The van der Waals surface area contributed by atoms with Gasteiger partial charge in [0.1, 0.15) is 10.9 Å². The van der Waals surface area contributed by atoms with Crippen molar-refractivity contribution in [2.24, 2.45) is 5.92 Å². The fourth-order valence-corrected chi connectivity index (χ4v) is 7.03. The van der Waals surface area contributed by atoms with E-state index in [1.165, 1.54) is 16.2 Å². The van der Waals surface area contributed by atoms with E-state index < -0.39 is 29.9 Å². The van der Waals surface area contributed by atoms with Crippen molar-refractivity contribution in [3.63, 3.8) is 0 Å². The number of hydrogen-bond donors (Lipinski definition) is 0. The van der Waals surface area contributed by atoms with Crippen LogP contribution in [0.5, 0.6) is 0 Å². The van der Waals surface area contributed by atoms with Crippen LogP contribution in [0.25, 0.3) is 0 Å². The zero-order valence-corrected chi connectivity index (χ0v) is 21.6. The molecule has 2 saturated heterocycles. The molecule has 3 aromatic rings. The lowest BCUT2D eigenvalue weighted by Gasteiger charge is -2.28. The van der Waals surface area contributed by atoms with Gasteiger partial charge in [0.2, 0.25) is 5.91 Å². The van der Waals surface area contributed by atoms with Crippen molar-refractivity contribution in [3.8, 4) is 0 Å². The van der Waals surface area contributed by atoms with E-state index in [1.807, 2.05) is 61.5 Å². The van der Waals surface area contributed by atoms with Crippen LogP contribution in [0.4, 0.5) is 10.7 Å². The number of carbonyl (C=O) groups is 3. The fraction of sp³-hybridized carbons (Fsp3) is 0.345. The summed E-state index contributed by atoms with van der Waals surface area (Å²) in [5, 5.41) is 2.08. The molecule has 1 aliphatic carbocycles. The molecule has 8 heteroatoms. The zero-order chi connectivity index (χ0) is 25.7. The van der Waals surface area contributed by atoms with E-state index in [1.54, 1.807) is 12.0 Å². The minimum absolute atomic E-state index is 0.223. The Hall–Kier alpha value is -3.49. The van der Waals surface area contributed by atoms with Crippen molar-refractivity contribution in [1.29, 1.82) is 0 Å². The molecule has 2 aliphatic heterocycles. The summed E-state index contributed by atoms with van der Waals surface area (Å²) in [7, 11) is 0. The molecule has 37 heavy (non-hydrogen) atoms. The number of hydrogen-bond acceptors (Lipinski definition) is 7. The second-order valence-electron chi connectivity index (χ2n) is 9.69. The first-order chi connectivity index (χ1) is 18.0. The predicted octanol–water partition coefficient (Wildman–Crippen LogP) is 5.16. The Morgan fingerprint density at radius 1 is 1.03 bits per heavy atom. The number of thiophene rings is 1. The van der Waals surface area contributed by atoms with Gasteiger partial charge < -0.3 is 4.74 Å². The standard InChI is InChI=1S/C29H28N2O5S/c1-3-35-29(34)22-20-11-7-8-12-21(20)37-28(22)30-26(32)23-24(18-15-13-17(2)14-16-18)31(36-25(23)27(30)33)19-9-5-4-6-10-19/h4-6,9-10,13-16,23-25H,3,7-8,11-12H2,1-2H3/t23-,24-,25-/m1/s1. The van der Waals surface area contributed by atoms with E-state index in [4.69, 9.17) is 9.57 Å². The molecule has 3 aliphatic rings. The minimum Gasteiger partial charge on any atom is -0.462 e. The molecule has 0 bridgehead atoms. The summed E-state index contributed by atoms with van der Waals surface area (Å²) < 4.78 is 5.37. The van der Waals surface area contributed by atoms with E-state index >= 15 is 0 Å². The first-order valence-corrected chi connectivity index (χ1v) is 13.6. The molecule has 3 atom stereocenters. The molecule has 0 radical (unpaired) electrons. The second-order valence-corrected chi connectivity index (χ2v) is 10.8. The first-order valence-electron chi connectivity index (χ1n) is 12.8. The minimum atomic E-state index is -0.979. The molecule has 0 unspecified atom stereocenters. The van der Waals surface area contributed by atoms with Gasteiger partial charge in [-0.05, 0) is 62.8 Å². The molecule has 2 amide bonds. The number of imide groups is 1. The summed E-state index contributed by atoms with van der Waals surface area (Å²) in [6, 6.07) is 17.0. The third-order valence-corrected chi connectivity index (χ3v) is 8.66. The van der Waals surface area contributed by atoms with Crippen molar-refractivity contribution in [2.45, 2.75) is 51.7 Å². The first kappa shape index (κ1) is 23.9. The average Bonchev–Trinajstić information content (AvgIpc) is 3.55. The zero-order valence-electron chi connectivity index (χ0n) is 20.8. The third-order valence-electron chi connectivity index (χ3n) is 7.38. The normalized spacial score (nSPS) is 22.8. The van der Waals surface area contributed by atoms with E-state index in [0.29, 0.717) is 10.6 Å². The number of amides is 2. The smallest absolute Gasteiger partial charge is 0.341 e. The molecule has 6 rings (SSSR count). The molecule has 190 valence electrons. The Bertz CT molecular complexity index is 1370. The van der Waals surface area contributed by atoms with Crippen LogP contribution < -0.4 is 9.96 Å². The van der Waals surface area contributed by atoms with Crippen LogP contribution in [0.1, 0.15) is 57.7 Å². The van der Waals surface area contributed by atoms with Gasteiger partial charge in [-0.15, -0.1) is 11.3 Å². The van der Waals surface area contributed by atoms with Crippen LogP contribution in [0.2, 0.25) is 0 Å². The number of hydroxylamine groups is 1. The summed E-state index contributed by atoms with van der Waals surface area (Å²) in [6.45, 7) is 3.99. The topological polar surface area (TPSA) is 76.2 Å². The van der Waals surface area contributed by atoms with Crippen LogP contribution >= 0.6 is 11.3 Å². The van der Waals surface area contributed by atoms with E-state index in [9.17, 15) is 14.4 Å². The summed E-state index contributed by atoms with van der Waals surface area (Å²) in [4.78, 5) is 49.6. The largest absolute Gasteiger partial charge is 0.462 e. The summed E-state index contributed by atoms with van der Waals surface area (Å²) in [5.74, 6) is -2.00. The molecule has 1 aromatic heterocycles. The molecule has 0 saturated carbocycles. The van der Waals surface area contributed by atoms with Crippen molar-refractivity contribution < 1.29 is 24.0 Å². The lowest BCUT2D eigenvalue weighted by Crippen LogP contribution is -2.37. The summed E-state index contributed by atoms with van der Waals surface area (Å²) in [6.07, 6.45) is 2.58. The maximum absolute atomic E-state index is 14.1. The molecule has 0 N–H and O–H groups in total. The predicted molar refractivity (Wildman–Crippen MR) is 141 cm³/mol. The number of carbonyl (C=O) groups excluding carboxylic acids is 3. The van der Waals surface area contributed by atoms with E-state index in [2.05, 4.69) is 0 Å². The number of rotatable bonds is 5. The van der Waals surface area contributed by atoms with Gasteiger partial charge in [0, 0.05) is 4.88 Å². The molecule has 2 fully saturated rings. The van der Waals surface area contributed by atoms with Crippen LogP contribution in [-0.4, -0.2) is 30.5 Å². The highest BCUT2D eigenvalue weighted by Crippen LogP contribution is 2.50. The Kier molecular flexibility index (Phi) is 6.09. The van der Waals surface area contributed by atoms with E-state index in [-0.39, 0.29) is 12.5 Å². The quantitative estimate of drug-likeness (QED) is 0.344. The van der Waals surface area contributed by atoms with Crippen LogP contribution in [-0.2, 0) is 32.0 Å². The number of ether oxygens (including phenoxy) is 1. The molecular weight excluding hydrogens is 488 g/mol. The molecule has 3 heterocycles. The number of aryl methyl sites for hydroxylation is 2. The Labute approximate surface area is 219 Å². The van der Waals surface area contributed by atoms with Gasteiger partial charge in [0.05, 0.1) is 23.9 Å². The Balaban J connectivity index is 1.44. The average molecular weight is 517 g/mol. The highest BCUT2D eigenvalue weighted by molar-refractivity contribution is 7.17. The number of fused-ring (bicyclic) bond motifs is 2. The SMILES string of the molecule is CCOC(=O)c1c(N2C(=O)[C@@H]3[C@@H](c4ccc(C)cc4)N(c4ccccc4)O[C@H]3C2=O)sc2c1CCCC2. The maximum Gasteiger partial charge on any atom is 0.341 e. The Morgan fingerprint density at radius 3 is 2.49 bits per heavy atom. The maximum atomic E-state index is 14.1. The van der Waals surface area contributed by atoms with Gasteiger partial charge in [-0.3, -0.25) is 14.4 Å². The van der Waals surface area contributed by atoms with Gasteiger partial charge in [-0.25, -0.2) is 14.8 Å². The molecule has 0 spiro atoms. The molecule has 7 nitrogen and oxygen atoms in total. The number of esters is 1. The van der Waals surface area contributed by atoms with Crippen LogP contribution in [0.15, 0.2) is 54.6 Å². The Morgan fingerprint density at radius 2 is 1.76 bits per heavy atom. The van der Waals surface area contributed by atoms with Crippen LogP contribution in [0.3, 0.4) is 0 Å². The van der Waals surface area contributed by atoms with Crippen LogP contribution in [0, 0.1) is 12.8 Å². The van der Waals surface area contributed by atoms with Gasteiger partial charge in [-0.2, -0.15) is 0 Å². The number of anilines is 2.